The van der Waals surface area contributed by atoms with Crippen LogP contribution in [0.25, 0.3) is 0 Å². The van der Waals surface area contributed by atoms with Gasteiger partial charge in [-0.05, 0) is 18.9 Å². The predicted molar refractivity (Wildman–Crippen MR) is 84.2 cm³/mol. The van der Waals surface area contributed by atoms with E-state index in [4.69, 9.17) is 9.47 Å². The second-order valence-corrected chi connectivity index (χ2v) is 6.82. The number of aliphatic hydroxyl groups excluding tert-OH is 1. The normalized spacial score (nSPS) is 36.5. The first-order valence-electron chi connectivity index (χ1n) is 8.73. The molecule has 3 heterocycles. The lowest BCUT2D eigenvalue weighted by molar-refractivity contribution is -0.166. The Morgan fingerprint density at radius 1 is 1.25 bits per heavy atom. The third kappa shape index (κ3) is 3.01. The highest BCUT2D eigenvalue weighted by Gasteiger charge is 2.51. The van der Waals surface area contributed by atoms with Gasteiger partial charge in [0.15, 0.2) is 6.29 Å². The Morgan fingerprint density at radius 2 is 2.08 bits per heavy atom. The molecule has 2 amide bonds. The first kappa shape index (κ1) is 15.9. The van der Waals surface area contributed by atoms with Gasteiger partial charge in [-0.3, -0.25) is 4.68 Å². The molecule has 0 unspecified atom stereocenters. The molecule has 132 valence electrons. The van der Waals surface area contributed by atoms with Crippen molar-refractivity contribution in [3.8, 4) is 0 Å². The SMILES string of the molecule is O=C(NC1CCCCC1)N[C@H]1[C@H](O)[C@@H](n2cccn2)[C@@H]2OC[C@H]1O2. The Bertz CT molecular complexity index is 560. The number of rotatable bonds is 3. The maximum Gasteiger partial charge on any atom is 0.315 e. The van der Waals surface area contributed by atoms with Gasteiger partial charge in [-0.2, -0.15) is 5.10 Å². The van der Waals surface area contributed by atoms with Gasteiger partial charge in [0.1, 0.15) is 18.2 Å². The molecule has 1 aliphatic carbocycles. The quantitative estimate of drug-likeness (QED) is 0.748. The zero-order valence-electron chi connectivity index (χ0n) is 13.5. The second kappa shape index (κ2) is 6.70. The van der Waals surface area contributed by atoms with Gasteiger partial charge in [0.25, 0.3) is 0 Å². The zero-order valence-corrected chi connectivity index (χ0v) is 13.5. The lowest BCUT2D eigenvalue weighted by Crippen LogP contribution is -2.61. The molecule has 0 spiro atoms. The lowest BCUT2D eigenvalue weighted by atomic mass is 9.95. The summed E-state index contributed by atoms with van der Waals surface area (Å²) in [6.07, 6.45) is 7.28. The van der Waals surface area contributed by atoms with E-state index >= 15 is 0 Å². The summed E-state index contributed by atoms with van der Waals surface area (Å²) in [5.74, 6) is 0. The third-order valence-corrected chi connectivity index (χ3v) is 5.20. The maximum absolute atomic E-state index is 12.3. The highest BCUT2D eigenvalue weighted by molar-refractivity contribution is 5.74. The summed E-state index contributed by atoms with van der Waals surface area (Å²) in [4.78, 5) is 12.3. The van der Waals surface area contributed by atoms with E-state index in [1.54, 1.807) is 23.1 Å². The van der Waals surface area contributed by atoms with Gasteiger partial charge >= 0.3 is 6.03 Å². The minimum Gasteiger partial charge on any atom is -0.388 e. The fraction of sp³-hybridized carbons (Fsp3) is 0.750. The summed E-state index contributed by atoms with van der Waals surface area (Å²) < 4.78 is 13.1. The fourth-order valence-corrected chi connectivity index (χ4v) is 3.94. The van der Waals surface area contributed by atoms with E-state index in [0.29, 0.717) is 6.61 Å². The van der Waals surface area contributed by atoms with Crippen LogP contribution in [0.15, 0.2) is 18.5 Å². The fourth-order valence-electron chi connectivity index (χ4n) is 3.94. The van der Waals surface area contributed by atoms with Crippen molar-refractivity contribution in [1.29, 1.82) is 0 Å². The smallest absolute Gasteiger partial charge is 0.315 e. The van der Waals surface area contributed by atoms with Crippen LogP contribution in [-0.4, -0.2) is 58.1 Å². The van der Waals surface area contributed by atoms with Crippen LogP contribution >= 0.6 is 0 Å². The van der Waals surface area contributed by atoms with Crippen molar-refractivity contribution in [1.82, 2.24) is 20.4 Å². The standard InChI is InChI=1S/C16H24N4O4/c21-14-12(19-16(22)18-10-5-2-1-3-6-10)11-9-23-15(24-11)13(14)20-8-4-7-17-20/h4,7-8,10-15,21H,1-3,5-6,9H2,(H2,18,19,22)/t11-,12-,13-,14+,15-/m1/s1. The summed E-state index contributed by atoms with van der Waals surface area (Å²) in [6, 6.07) is 0.751. The van der Waals surface area contributed by atoms with E-state index in [0.717, 1.165) is 25.7 Å². The van der Waals surface area contributed by atoms with Gasteiger partial charge < -0.3 is 25.2 Å². The molecular formula is C16H24N4O4. The zero-order chi connectivity index (χ0) is 16.5. The van der Waals surface area contributed by atoms with Gasteiger partial charge in [0, 0.05) is 18.4 Å². The highest BCUT2D eigenvalue weighted by Crippen LogP contribution is 2.35. The number of amides is 2. The maximum atomic E-state index is 12.3. The van der Waals surface area contributed by atoms with E-state index in [-0.39, 0.29) is 18.2 Å². The molecular weight excluding hydrogens is 312 g/mol. The Balaban J connectivity index is 1.42. The van der Waals surface area contributed by atoms with E-state index in [1.165, 1.54) is 6.42 Å². The van der Waals surface area contributed by atoms with Crippen LogP contribution in [0.4, 0.5) is 4.79 Å². The van der Waals surface area contributed by atoms with Crippen molar-refractivity contribution in [3.05, 3.63) is 18.5 Å². The Hall–Kier alpha value is -1.64. The average molecular weight is 336 g/mol. The number of urea groups is 1. The topological polar surface area (TPSA) is 97.6 Å². The van der Waals surface area contributed by atoms with Crippen LogP contribution in [0.1, 0.15) is 38.1 Å². The van der Waals surface area contributed by atoms with Crippen LogP contribution in [0.5, 0.6) is 0 Å². The van der Waals surface area contributed by atoms with Crippen molar-refractivity contribution < 1.29 is 19.4 Å². The Morgan fingerprint density at radius 3 is 2.83 bits per heavy atom. The molecule has 1 saturated carbocycles. The van der Waals surface area contributed by atoms with E-state index in [1.807, 2.05) is 0 Å². The van der Waals surface area contributed by atoms with Gasteiger partial charge in [-0.15, -0.1) is 0 Å². The monoisotopic (exact) mass is 336 g/mol. The number of hydrogen-bond donors (Lipinski definition) is 3. The van der Waals surface area contributed by atoms with Gasteiger partial charge in [-0.1, -0.05) is 19.3 Å². The summed E-state index contributed by atoms with van der Waals surface area (Å²) in [5, 5.41) is 20.9. The number of fused-ring (bicyclic) bond motifs is 2. The lowest BCUT2D eigenvalue weighted by Gasteiger charge is -2.38. The van der Waals surface area contributed by atoms with Crippen LogP contribution < -0.4 is 10.6 Å². The Kier molecular flexibility index (Phi) is 4.43. The number of hydrogen-bond acceptors (Lipinski definition) is 5. The summed E-state index contributed by atoms with van der Waals surface area (Å²) in [6.45, 7) is 0.355. The van der Waals surface area contributed by atoms with Crippen LogP contribution in [0.2, 0.25) is 0 Å². The van der Waals surface area contributed by atoms with Crippen molar-refractivity contribution in [3.63, 3.8) is 0 Å². The summed E-state index contributed by atoms with van der Waals surface area (Å²) in [7, 11) is 0. The van der Waals surface area contributed by atoms with Crippen molar-refractivity contribution >= 4 is 6.03 Å². The van der Waals surface area contributed by atoms with Gasteiger partial charge in [0.2, 0.25) is 0 Å². The number of nitrogens with zero attached hydrogens (tertiary/aromatic N) is 2. The molecule has 3 fully saturated rings. The molecule has 2 bridgehead atoms. The highest BCUT2D eigenvalue weighted by atomic mass is 16.7. The van der Waals surface area contributed by atoms with Gasteiger partial charge in [-0.25, -0.2) is 4.79 Å². The van der Waals surface area contributed by atoms with Crippen LogP contribution in [0, 0.1) is 0 Å². The van der Waals surface area contributed by atoms with Gasteiger partial charge in [0.05, 0.1) is 12.6 Å². The largest absolute Gasteiger partial charge is 0.388 e. The molecule has 24 heavy (non-hydrogen) atoms. The summed E-state index contributed by atoms with van der Waals surface area (Å²) in [5.41, 5.74) is 0. The molecule has 8 nitrogen and oxygen atoms in total. The average Bonchev–Trinajstić information content (AvgIpc) is 3.24. The molecule has 2 aliphatic heterocycles. The van der Waals surface area contributed by atoms with Crippen LogP contribution in [-0.2, 0) is 9.47 Å². The first-order chi connectivity index (χ1) is 11.7. The minimum absolute atomic E-state index is 0.217. The number of nitrogens with one attached hydrogen (secondary N) is 2. The third-order valence-electron chi connectivity index (χ3n) is 5.20. The van der Waals surface area contributed by atoms with E-state index in [9.17, 15) is 9.90 Å². The van der Waals surface area contributed by atoms with E-state index < -0.39 is 24.5 Å². The molecule has 5 atom stereocenters. The number of carbonyl (C=O) groups excluding carboxylic acids is 1. The number of ether oxygens (including phenoxy) is 2. The molecule has 1 aromatic rings. The van der Waals surface area contributed by atoms with Crippen molar-refractivity contribution in [2.45, 2.75) is 68.7 Å². The minimum atomic E-state index is -0.826. The first-order valence-corrected chi connectivity index (χ1v) is 8.73. The molecule has 1 aromatic heterocycles. The van der Waals surface area contributed by atoms with Crippen molar-refractivity contribution in [2.24, 2.45) is 0 Å². The second-order valence-electron chi connectivity index (χ2n) is 6.82. The Labute approximate surface area is 140 Å². The van der Waals surface area contributed by atoms with Crippen molar-refractivity contribution in [2.75, 3.05) is 6.61 Å². The number of aliphatic hydroxyl groups is 1. The predicted octanol–water partition coefficient (Wildman–Crippen LogP) is 0.541. The molecule has 3 aliphatic rings. The number of carbonyl (C=O) groups is 1. The molecule has 0 aromatic carbocycles. The molecule has 3 N–H and O–H groups in total. The number of aromatic nitrogens is 2. The molecule has 4 rings (SSSR count). The molecule has 2 saturated heterocycles. The molecule has 8 heteroatoms. The van der Waals surface area contributed by atoms with Crippen LogP contribution in [0.3, 0.4) is 0 Å². The summed E-state index contributed by atoms with van der Waals surface area (Å²) >= 11 is 0. The molecule has 0 radical (unpaired) electrons. The van der Waals surface area contributed by atoms with E-state index in [2.05, 4.69) is 15.7 Å².